The average Bonchev–Trinajstić information content (AvgIpc) is 3.39. The first kappa shape index (κ1) is 25.0. The van der Waals surface area contributed by atoms with E-state index in [-0.39, 0.29) is 30.1 Å². The van der Waals surface area contributed by atoms with Crippen molar-refractivity contribution in [2.24, 2.45) is 11.8 Å². The minimum atomic E-state index is -1.43. The predicted molar refractivity (Wildman–Crippen MR) is 137 cm³/mol. The van der Waals surface area contributed by atoms with Gasteiger partial charge in [-0.15, -0.1) is 0 Å². The fraction of sp³-hybridized carbons (Fsp3) is 0.448. The van der Waals surface area contributed by atoms with Gasteiger partial charge in [0.05, 0.1) is 29.4 Å². The van der Waals surface area contributed by atoms with E-state index in [9.17, 15) is 19.2 Å². The second-order valence-electron chi connectivity index (χ2n) is 10.9. The Morgan fingerprint density at radius 1 is 0.919 bits per heavy atom. The van der Waals surface area contributed by atoms with Gasteiger partial charge in [-0.1, -0.05) is 57.2 Å². The number of esters is 1. The maximum atomic E-state index is 14.1. The fourth-order valence-electron chi connectivity index (χ4n) is 6.27. The topological polar surface area (TPSA) is 93.2 Å². The van der Waals surface area contributed by atoms with Crippen molar-refractivity contribution in [3.63, 3.8) is 0 Å². The summed E-state index contributed by atoms with van der Waals surface area (Å²) in [5.41, 5.74) is -0.135. The Hall–Kier alpha value is -3.68. The quantitative estimate of drug-likeness (QED) is 0.417. The van der Waals surface area contributed by atoms with E-state index >= 15 is 0 Å². The zero-order valence-electron chi connectivity index (χ0n) is 21.8. The molecule has 5 atom stereocenters. The van der Waals surface area contributed by atoms with Crippen molar-refractivity contribution in [3.8, 4) is 0 Å². The molecule has 0 saturated carbocycles. The van der Waals surface area contributed by atoms with Crippen molar-refractivity contribution >= 4 is 35.6 Å². The number of benzene rings is 2. The van der Waals surface area contributed by atoms with Gasteiger partial charge in [0.15, 0.2) is 0 Å². The van der Waals surface area contributed by atoms with Gasteiger partial charge in [0, 0.05) is 24.0 Å². The summed E-state index contributed by atoms with van der Waals surface area (Å²) < 4.78 is 11.4. The number of rotatable bonds is 7. The Morgan fingerprint density at radius 2 is 1.46 bits per heavy atom. The summed E-state index contributed by atoms with van der Waals surface area (Å²) in [6.45, 7) is 9.83. The molecule has 5 unspecified atom stereocenters. The molecule has 194 valence electrons. The summed E-state index contributed by atoms with van der Waals surface area (Å²) >= 11 is 0. The SMILES string of the molecule is CC(C)CC1(OC=O)C(=O)N(C(C)C(C)N2C(=O)C3(CC(C)C(=O)O3)c3ccccc32)c2ccccc21. The number of fused-ring (bicyclic) bond motifs is 3. The number of carbonyl (C=O) groups excluding carboxylic acids is 4. The summed E-state index contributed by atoms with van der Waals surface area (Å²) in [5, 5.41) is 0. The van der Waals surface area contributed by atoms with Crippen LogP contribution >= 0.6 is 0 Å². The lowest BCUT2D eigenvalue weighted by atomic mass is 9.86. The van der Waals surface area contributed by atoms with E-state index in [2.05, 4.69) is 0 Å². The average molecular weight is 505 g/mol. The molecule has 0 aliphatic carbocycles. The largest absolute Gasteiger partial charge is 0.446 e. The van der Waals surface area contributed by atoms with Gasteiger partial charge in [-0.05, 0) is 31.9 Å². The first-order valence-corrected chi connectivity index (χ1v) is 12.8. The number of hydrogen-bond acceptors (Lipinski definition) is 6. The molecule has 3 heterocycles. The Morgan fingerprint density at radius 3 is 2.00 bits per heavy atom. The van der Waals surface area contributed by atoms with E-state index in [1.165, 1.54) is 0 Å². The smallest absolute Gasteiger partial charge is 0.310 e. The molecular weight excluding hydrogens is 472 g/mol. The van der Waals surface area contributed by atoms with Gasteiger partial charge in [0.2, 0.25) is 11.2 Å². The van der Waals surface area contributed by atoms with Gasteiger partial charge in [0.1, 0.15) is 0 Å². The normalized spacial score (nSPS) is 27.9. The third kappa shape index (κ3) is 3.41. The van der Waals surface area contributed by atoms with Gasteiger partial charge >= 0.3 is 5.97 Å². The summed E-state index contributed by atoms with van der Waals surface area (Å²) in [7, 11) is 0. The molecule has 2 aromatic carbocycles. The minimum Gasteiger partial charge on any atom is -0.446 e. The van der Waals surface area contributed by atoms with Crippen LogP contribution < -0.4 is 9.80 Å². The molecular formula is C29H32N2O6. The van der Waals surface area contributed by atoms with Crippen LogP contribution in [0.2, 0.25) is 0 Å². The Kier molecular flexibility index (Phi) is 5.89. The Balaban J connectivity index is 1.56. The van der Waals surface area contributed by atoms with Crippen LogP contribution in [0, 0.1) is 11.8 Å². The Labute approximate surface area is 216 Å². The zero-order valence-corrected chi connectivity index (χ0v) is 21.8. The van der Waals surface area contributed by atoms with Crippen LogP contribution in [0.1, 0.15) is 58.6 Å². The minimum absolute atomic E-state index is 0.0792. The van der Waals surface area contributed by atoms with Crippen molar-refractivity contribution in [1.82, 2.24) is 0 Å². The highest BCUT2D eigenvalue weighted by molar-refractivity contribution is 6.11. The summed E-state index contributed by atoms with van der Waals surface area (Å²) in [4.78, 5) is 55.5. The number of nitrogens with zero attached hydrogens (tertiary/aromatic N) is 2. The predicted octanol–water partition coefficient (Wildman–Crippen LogP) is 4.05. The maximum absolute atomic E-state index is 14.1. The number of hydrogen-bond donors (Lipinski definition) is 0. The Bertz CT molecular complexity index is 1290. The molecule has 1 saturated heterocycles. The third-order valence-corrected chi connectivity index (χ3v) is 8.05. The van der Waals surface area contributed by atoms with Gasteiger partial charge in [-0.3, -0.25) is 19.2 Å². The lowest BCUT2D eigenvalue weighted by Crippen LogP contribution is -2.55. The molecule has 0 bridgehead atoms. The second kappa shape index (κ2) is 8.71. The van der Waals surface area contributed by atoms with E-state index in [0.29, 0.717) is 35.4 Å². The zero-order chi connectivity index (χ0) is 26.7. The van der Waals surface area contributed by atoms with E-state index in [0.717, 1.165) is 0 Å². The van der Waals surface area contributed by atoms with E-state index < -0.39 is 29.2 Å². The summed E-state index contributed by atoms with van der Waals surface area (Å²) in [5.74, 6) is -1.34. The fourth-order valence-corrected chi connectivity index (χ4v) is 6.27. The van der Waals surface area contributed by atoms with Gasteiger partial charge in [-0.2, -0.15) is 0 Å². The van der Waals surface area contributed by atoms with Gasteiger partial charge < -0.3 is 19.3 Å². The van der Waals surface area contributed by atoms with Gasteiger partial charge in [-0.25, -0.2) is 0 Å². The van der Waals surface area contributed by atoms with Crippen LogP contribution in [0.5, 0.6) is 0 Å². The first-order chi connectivity index (χ1) is 17.6. The molecule has 8 nitrogen and oxygen atoms in total. The number of ether oxygens (including phenoxy) is 2. The van der Waals surface area contributed by atoms with E-state index in [1.807, 2.05) is 76.2 Å². The highest BCUT2D eigenvalue weighted by Gasteiger charge is 2.61. The highest BCUT2D eigenvalue weighted by Crippen LogP contribution is 2.52. The van der Waals surface area contributed by atoms with Crippen molar-refractivity contribution in [3.05, 3.63) is 59.7 Å². The number of para-hydroxylation sites is 2. The molecule has 8 heteroatoms. The highest BCUT2D eigenvalue weighted by atomic mass is 16.6. The summed E-state index contributed by atoms with van der Waals surface area (Å²) in [6.07, 6.45) is 0.608. The molecule has 0 N–H and O–H groups in total. The van der Waals surface area contributed by atoms with Crippen LogP contribution in [-0.4, -0.2) is 36.3 Å². The van der Waals surface area contributed by atoms with Crippen molar-refractivity contribution in [1.29, 1.82) is 0 Å². The van der Waals surface area contributed by atoms with E-state index in [1.54, 1.807) is 16.7 Å². The molecule has 1 spiro atoms. The molecule has 37 heavy (non-hydrogen) atoms. The monoisotopic (exact) mass is 504 g/mol. The van der Waals surface area contributed by atoms with Crippen molar-refractivity contribution in [2.75, 3.05) is 9.80 Å². The number of amides is 2. The molecule has 3 aliphatic heterocycles. The first-order valence-electron chi connectivity index (χ1n) is 12.8. The molecule has 5 rings (SSSR count). The molecule has 1 fully saturated rings. The molecule has 0 aromatic heterocycles. The number of carbonyl (C=O) groups is 4. The van der Waals surface area contributed by atoms with Crippen LogP contribution in [0.4, 0.5) is 11.4 Å². The maximum Gasteiger partial charge on any atom is 0.310 e. The lowest BCUT2D eigenvalue weighted by Gasteiger charge is -2.37. The van der Waals surface area contributed by atoms with Crippen LogP contribution in [0.25, 0.3) is 0 Å². The summed E-state index contributed by atoms with van der Waals surface area (Å²) in [6, 6.07) is 13.7. The number of anilines is 2. The van der Waals surface area contributed by atoms with Crippen LogP contribution in [0.3, 0.4) is 0 Å². The molecule has 2 aromatic rings. The molecule has 3 aliphatic rings. The van der Waals surface area contributed by atoms with Crippen molar-refractivity contribution < 1.29 is 28.7 Å². The van der Waals surface area contributed by atoms with Crippen LogP contribution in [-0.2, 0) is 39.9 Å². The van der Waals surface area contributed by atoms with Gasteiger partial charge in [0.25, 0.3) is 18.3 Å². The lowest BCUT2D eigenvalue weighted by molar-refractivity contribution is -0.159. The van der Waals surface area contributed by atoms with Crippen molar-refractivity contribution in [2.45, 2.75) is 70.7 Å². The molecule has 0 radical (unpaired) electrons. The van der Waals surface area contributed by atoms with E-state index in [4.69, 9.17) is 9.47 Å². The second-order valence-corrected chi connectivity index (χ2v) is 10.9. The van der Waals surface area contributed by atoms with Crippen LogP contribution in [0.15, 0.2) is 48.5 Å². The standard InChI is InChI=1S/C29H32N2O6/c1-17(2)14-28(36-16-32)21-10-6-8-12-23(21)30(26(28)34)19(4)20(5)31-24-13-9-7-11-22(24)29(27(31)35)15-18(3)25(33)37-29/h6-13,16-20H,14-15H2,1-5H3. The molecule has 2 amide bonds. The third-order valence-electron chi connectivity index (χ3n) is 8.05.